The molecule has 3 aromatic rings. The number of rotatable bonds is 8. The maximum absolute atomic E-state index is 13.1. The fourth-order valence-corrected chi connectivity index (χ4v) is 4.11. The molecule has 1 atom stereocenters. The molecule has 1 aliphatic rings. The van der Waals surface area contributed by atoms with Crippen molar-refractivity contribution in [2.75, 3.05) is 12.4 Å². The fourth-order valence-electron chi connectivity index (χ4n) is 3.94. The number of methoxy groups -OCH3 is 1. The summed E-state index contributed by atoms with van der Waals surface area (Å²) in [6, 6.07) is 18.5. The number of hydrogen-bond acceptors (Lipinski definition) is 4. The van der Waals surface area contributed by atoms with E-state index in [2.05, 4.69) is 17.4 Å². The van der Waals surface area contributed by atoms with Crippen molar-refractivity contribution < 1.29 is 19.0 Å². The van der Waals surface area contributed by atoms with E-state index in [0.717, 1.165) is 24.3 Å². The van der Waals surface area contributed by atoms with Gasteiger partial charge < -0.3 is 19.5 Å². The van der Waals surface area contributed by atoms with E-state index < -0.39 is 6.10 Å². The SMILES string of the molecule is CC[C@H](Oc1ccc2c(c1)CCCC2)C(=O)Nc1cc(Cl)ccc1Oc1ccc(OC)cc1. The number of benzene rings is 3. The number of anilines is 1. The summed E-state index contributed by atoms with van der Waals surface area (Å²) in [6.45, 7) is 1.93. The van der Waals surface area contributed by atoms with E-state index in [1.165, 1.54) is 24.0 Å². The van der Waals surface area contributed by atoms with Crippen LogP contribution in [0.3, 0.4) is 0 Å². The van der Waals surface area contributed by atoms with Crippen molar-refractivity contribution in [2.24, 2.45) is 0 Å². The first-order chi connectivity index (χ1) is 16.1. The van der Waals surface area contributed by atoms with Gasteiger partial charge in [0, 0.05) is 5.02 Å². The third-order valence-electron chi connectivity index (χ3n) is 5.75. The number of hydrogen-bond donors (Lipinski definition) is 1. The number of carbonyl (C=O) groups excluding carboxylic acids is 1. The predicted molar refractivity (Wildman–Crippen MR) is 131 cm³/mol. The minimum Gasteiger partial charge on any atom is -0.497 e. The van der Waals surface area contributed by atoms with Gasteiger partial charge in [-0.15, -0.1) is 0 Å². The van der Waals surface area contributed by atoms with Crippen molar-refractivity contribution in [1.29, 1.82) is 0 Å². The number of halogens is 1. The van der Waals surface area contributed by atoms with Gasteiger partial charge in [-0.1, -0.05) is 24.6 Å². The number of nitrogens with one attached hydrogen (secondary N) is 1. The molecule has 4 rings (SSSR count). The highest BCUT2D eigenvalue weighted by molar-refractivity contribution is 6.31. The monoisotopic (exact) mass is 465 g/mol. The average Bonchev–Trinajstić information content (AvgIpc) is 2.84. The van der Waals surface area contributed by atoms with Gasteiger partial charge in [-0.3, -0.25) is 4.79 Å². The molecular formula is C27H28ClNO4. The molecule has 0 aromatic heterocycles. The molecule has 5 nitrogen and oxygen atoms in total. The Kier molecular flexibility index (Phi) is 7.40. The molecule has 1 N–H and O–H groups in total. The second kappa shape index (κ2) is 10.6. The molecule has 0 bridgehead atoms. The molecule has 1 aliphatic carbocycles. The van der Waals surface area contributed by atoms with Crippen LogP contribution in [-0.4, -0.2) is 19.1 Å². The number of aryl methyl sites for hydroxylation is 2. The zero-order valence-electron chi connectivity index (χ0n) is 18.9. The van der Waals surface area contributed by atoms with E-state index in [-0.39, 0.29) is 5.91 Å². The second-order valence-corrected chi connectivity index (χ2v) is 8.50. The zero-order valence-corrected chi connectivity index (χ0v) is 19.7. The average molecular weight is 466 g/mol. The van der Waals surface area contributed by atoms with Crippen LogP contribution in [0.1, 0.15) is 37.3 Å². The third-order valence-corrected chi connectivity index (χ3v) is 5.98. The summed E-state index contributed by atoms with van der Waals surface area (Å²) in [5.41, 5.74) is 3.18. The molecule has 0 saturated carbocycles. The summed E-state index contributed by atoms with van der Waals surface area (Å²) >= 11 is 6.20. The zero-order chi connectivity index (χ0) is 23.2. The molecule has 1 amide bonds. The normalized spacial score (nSPS) is 13.5. The van der Waals surface area contributed by atoms with Crippen LogP contribution in [0.4, 0.5) is 5.69 Å². The Hall–Kier alpha value is -3.18. The summed E-state index contributed by atoms with van der Waals surface area (Å²) in [4.78, 5) is 13.1. The van der Waals surface area contributed by atoms with E-state index in [1.807, 2.05) is 25.1 Å². The van der Waals surface area contributed by atoms with Gasteiger partial charge in [0.1, 0.15) is 17.2 Å². The molecule has 0 saturated heterocycles. The van der Waals surface area contributed by atoms with Crippen molar-refractivity contribution in [3.63, 3.8) is 0 Å². The maximum atomic E-state index is 13.1. The van der Waals surface area contributed by atoms with Gasteiger partial charge in [-0.25, -0.2) is 0 Å². The van der Waals surface area contributed by atoms with Crippen LogP contribution >= 0.6 is 11.6 Å². The van der Waals surface area contributed by atoms with Crippen LogP contribution in [0.5, 0.6) is 23.0 Å². The van der Waals surface area contributed by atoms with Gasteiger partial charge in [0.2, 0.25) is 0 Å². The molecule has 0 spiro atoms. The van der Waals surface area contributed by atoms with Crippen molar-refractivity contribution in [2.45, 2.75) is 45.1 Å². The first-order valence-corrected chi connectivity index (χ1v) is 11.6. The standard InChI is InChI=1S/C27H28ClNO4/c1-3-25(33-23-10-8-18-6-4-5-7-19(18)16-23)27(30)29-24-17-20(28)9-15-26(24)32-22-13-11-21(31-2)12-14-22/h8-17,25H,3-7H2,1-2H3,(H,29,30)/t25-/m0/s1. The van der Waals surface area contributed by atoms with Crippen molar-refractivity contribution in [3.8, 4) is 23.0 Å². The van der Waals surface area contributed by atoms with E-state index in [4.69, 9.17) is 25.8 Å². The lowest BCUT2D eigenvalue weighted by Gasteiger charge is -2.21. The van der Waals surface area contributed by atoms with E-state index in [0.29, 0.717) is 28.6 Å². The Morgan fingerprint density at radius 2 is 1.64 bits per heavy atom. The molecule has 0 heterocycles. The van der Waals surface area contributed by atoms with Gasteiger partial charge in [-0.2, -0.15) is 0 Å². The summed E-state index contributed by atoms with van der Waals surface area (Å²) < 4.78 is 17.3. The van der Waals surface area contributed by atoms with Gasteiger partial charge in [-0.05, 0) is 97.8 Å². The van der Waals surface area contributed by atoms with Crippen molar-refractivity contribution in [3.05, 3.63) is 76.8 Å². The van der Waals surface area contributed by atoms with E-state index in [9.17, 15) is 4.79 Å². The van der Waals surface area contributed by atoms with Crippen LogP contribution < -0.4 is 19.5 Å². The summed E-state index contributed by atoms with van der Waals surface area (Å²) in [6.07, 6.45) is 4.48. The molecule has 33 heavy (non-hydrogen) atoms. The highest BCUT2D eigenvalue weighted by atomic mass is 35.5. The first-order valence-electron chi connectivity index (χ1n) is 11.3. The van der Waals surface area contributed by atoms with Crippen LogP contribution in [-0.2, 0) is 17.6 Å². The Morgan fingerprint density at radius 1 is 0.939 bits per heavy atom. The van der Waals surface area contributed by atoms with Gasteiger partial charge in [0.25, 0.3) is 5.91 Å². The summed E-state index contributed by atoms with van der Waals surface area (Å²) in [5, 5.41) is 3.43. The minimum atomic E-state index is -0.639. The highest BCUT2D eigenvalue weighted by Crippen LogP contribution is 2.33. The topological polar surface area (TPSA) is 56.8 Å². The lowest BCUT2D eigenvalue weighted by molar-refractivity contribution is -0.122. The first kappa shape index (κ1) is 23.0. The fraction of sp³-hybridized carbons (Fsp3) is 0.296. The molecule has 0 unspecified atom stereocenters. The molecule has 0 fully saturated rings. The molecule has 172 valence electrons. The molecule has 0 radical (unpaired) electrons. The largest absolute Gasteiger partial charge is 0.497 e. The molecule has 6 heteroatoms. The smallest absolute Gasteiger partial charge is 0.265 e. The summed E-state index contributed by atoms with van der Waals surface area (Å²) in [7, 11) is 1.61. The minimum absolute atomic E-state index is 0.253. The summed E-state index contributed by atoms with van der Waals surface area (Å²) in [5.74, 6) is 2.31. The van der Waals surface area contributed by atoms with Gasteiger partial charge in [0.15, 0.2) is 11.9 Å². The number of amides is 1. The molecular weight excluding hydrogens is 438 g/mol. The second-order valence-electron chi connectivity index (χ2n) is 8.06. The molecule has 0 aliphatic heterocycles. The quantitative estimate of drug-likeness (QED) is 0.396. The highest BCUT2D eigenvalue weighted by Gasteiger charge is 2.21. The van der Waals surface area contributed by atoms with E-state index >= 15 is 0 Å². The Morgan fingerprint density at radius 3 is 2.36 bits per heavy atom. The Bertz CT molecular complexity index is 1110. The lowest BCUT2D eigenvalue weighted by Crippen LogP contribution is -2.32. The third kappa shape index (κ3) is 5.79. The van der Waals surface area contributed by atoms with Crippen molar-refractivity contribution >= 4 is 23.2 Å². The maximum Gasteiger partial charge on any atom is 0.265 e. The Balaban J connectivity index is 1.48. The van der Waals surface area contributed by atoms with Crippen molar-refractivity contribution in [1.82, 2.24) is 0 Å². The number of ether oxygens (including phenoxy) is 3. The van der Waals surface area contributed by atoms with E-state index in [1.54, 1.807) is 37.4 Å². The number of carbonyl (C=O) groups is 1. The van der Waals surface area contributed by atoms with Gasteiger partial charge >= 0.3 is 0 Å². The number of fused-ring (bicyclic) bond motifs is 1. The van der Waals surface area contributed by atoms with Crippen LogP contribution in [0.15, 0.2) is 60.7 Å². The lowest BCUT2D eigenvalue weighted by atomic mass is 9.92. The van der Waals surface area contributed by atoms with Crippen LogP contribution in [0.25, 0.3) is 0 Å². The van der Waals surface area contributed by atoms with Crippen LogP contribution in [0.2, 0.25) is 5.02 Å². The molecule has 3 aromatic carbocycles. The Labute approximate surface area is 199 Å². The predicted octanol–water partition coefficient (Wildman–Crippen LogP) is 6.82. The van der Waals surface area contributed by atoms with Crippen LogP contribution in [0, 0.1) is 0 Å². The van der Waals surface area contributed by atoms with Gasteiger partial charge in [0.05, 0.1) is 12.8 Å².